The molecule has 0 aromatic heterocycles. The maximum atomic E-state index is 2.28. The van der Waals surface area contributed by atoms with Crippen LogP contribution in [-0.4, -0.2) is 0 Å². The normalized spacial score (nSPS) is 18.1. The maximum absolute atomic E-state index is 2.28. The quantitative estimate of drug-likeness (QED) is 0.664. The zero-order valence-corrected chi connectivity index (χ0v) is 6.08. The Morgan fingerprint density at radius 1 is 1.71 bits per heavy atom. The van der Waals surface area contributed by atoms with Gasteiger partial charge < -0.3 is 0 Å². The van der Waals surface area contributed by atoms with Crippen molar-refractivity contribution in [3.8, 4) is 0 Å². The van der Waals surface area contributed by atoms with Crippen LogP contribution >= 0.6 is 0 Å². The molecule has 0 spiro atoms. The van der Waals surface area contributed by atoms with E-state index < -0.39 is 0 Å². The molecule has 0 atom stereocenters. The molecule has 44 valence electrons. The van der Waals surface area contributed by atoms with Gasteiger partial charge in [-0.3, -0.25) is 0 Å². The Balaban J connectivity index is 2.45. The average molecular weight is 247 g/mol. The van der Waals surface area contributed by atoms with Crippen LogP contribution in [0.2, 0.25) is 3.08 Å². The second-order valence-electron chi connectivity index (χ2n) is 1.33. The summed E-state index contributed by atoms with van der Waals surface area (Å²) in [6, 6.07) is 0. The summed E-state index contributed by atoms with van der Waals surface area (Å²) in [6.07, 6.45) is 7.82. The van der Waals surface area contributed by atoms with Gasteiger partial charge in [-0.1, -0.05) is 0 Å². The van der Waals surface area contributed by atoms with Gasteiger partial charge in [0, 0.05) is 0 Å². The van der Waals surface area contributed by atoms with Crippen molar-refractivity contribution in [3.05, 3.63) is 20.0 Å². The molecule has 1 heteroatoms. The van der Waals surface area contributed by atoms with E-state index in [9.17, 15) is 0 Å². The first-order chi connectivity index (χ1) is 3.43. The second-order valence-corrected chi connectivity index (χ2v) is 3.45. The van der Waals surface area contributed by atoms with E-state index in [2.05, 4.69) is 21.3 Å². The van der Waals surface area contributed by atoms with E-state index in [0.29, 0.717) is 33.4 Å². The fourth-order valence-electron chi connectivity index (χ4n) is 0.509. The molecule has 0 heterocycles. The summed E-state index contributed by atoms with van der Waals surface area (Å²) >= 11 is 0.600. The zero-order valence-electron chi connectivity index (χ0n) is 4.23. The van der Waals surface area contributed by atoms with E-state index in [1.165, 1.54) is 6.42 Å². The average Bonchev–Trinajstić information content (AvgIpc) is 2.14. The van der Waals surface area contributed by atoms with Crippen molar-refractivity contribution in [2.24, 2.45) is 0 Å². The molecule has 0 aromatic rings. The predicted molar refractivity (Wildman–Crippen MR) is 27.7 cm³/mol. The molecule has 0 nitrogen and oxygen atoms in total. The van der Waals surface area contributed by atoms with Crippen molar-refractivity contribution in [2.75, 3.05) is 0 Å². The van der Waals surface area contributed by atoms with Gasteiger partial charge >= 0.3 is 62.9 Å². The molecule has 0 radical (unpaired) electrons. The van der Waals surface area contributed by atoms with Crippen molar-refractivity contribution in [1.29, 1.82) is 0 Å². The topological polar surface area (TPSA) is 0 Å². The van der Waals surface area contributed by atoms with Crippen LogP contribution in [0.3, 0.4) is 0 Å². The van der Waals surface area contributed by atoms with E-state index in [-0.39, 0.29) is 0 Å². The van der Waals surface area contributed by atoms with Crippen molar-refractivity contribution < 1.29 is 33.4 Å². The summed E-state index contributed by atoms with van der Waals surface area (Å²) < 4.78 is 3.92. The molecular weight excluding hydrogens is 239 g/mol. The molecule has 0 unspecified atom stereocenters. The molecule has 1 rings (SSSR count). The Morgan fingerprint density at radius 3 is 2.86 bits per heavy atom. The standard InChI is InChI=1S/C5H5.CH3.Er/c1-2-4-5-3-1;;/h1-3H,4H2;1H3;. The zero-order chi connectivity index (χ0) is 5.11. The monoisotopic (exact) mass is 246 g/mol. The summed E-state index contributed by atoms with van der Waals surface area (Å²) in [5, 5.41) is 0. The molecule has 1 aliphatic rings. The number of hydrogen-bond donors (Lipinski definition) is 0. The fraction of sp³-hybridized carbons (Fsp3) is 0.333. The van der Waals surface area contributed by atoms with Crippen LogP contribution in [0.4, 0.5) is 0 Å². The first-order valence-electron chi connectivity index (χ1n) is 2.15. The number of rotatable bonds is 1. The van der Waals surface area contributed by atoms with Crippen molar-refractivity contribution >= 4 is 0 Å². The van der Waals surface area contributed by atoms with Gasteiger partial charge in [0.1, 0.15) is 0 Å². The molecule has 0 saturated carbocycles. The molecule has 0 fully saturated rings. The Hall–Kier alpha value is 0.727. The summed E-state index contributed by atoms with van der Waals surface area (Å²) in [6.45, 7) is 0. The van der Waals surface area contributed by atoms with Crippen LogP contribution in [0.1, 0.15) is 6.42 Å². The predicted octanol–water partition coefficient (Wildman–Crippen LogP) is 1.96. The fourth-order valence-corrected chi connectivity index (χ4v) is 1.59. The van der Waals surface area contributed by atoms with E-state index in [1.807, 2.05) is 0 Å². The van der Waals surface area contributed by atoms with Crippen molar-refractivity contribution in [2.45, 2.75) is 9.50 Å². The van der Waals surface area contributed by atoms with Gasteiger partial charge in [-0.15, -0.1) is 0 Å². The molecular formula is C6H8Er. The molecule has 0 aliphatic heterocycles. The summed E-state index contributed by atoms with van der Waals surface area (Å²) in [7, 11) is 0. The van der Waals surface area contributed by atoms with Crippen molar-refractivity contribution in [1.82, 2.24) is 0 Å². The number of allylic oxidation sites excluding steroid dienone is 4. The van der Waals surface area contributed by atoms with Gasteiger partial charge in [-0.2, -0.15) is 0 Å². The van der Waals surface area contributed by atoms with Gasteiger partial charge in [-0.25, -0.2) is 0 Å². The Labute approximate surface area is 62.3 Å². The van der Waals surface area contributed by atoms with Gasteiger partial charge in [0.25, 0.3) is 0 Å². The van der Waals surface area contributed by atoms with Gasteiger partial charge in [0.05, 0.1) is 0 Å². The van der Waals surface area contributed by atoms with E-state index >= 15 is 0 Å². The Kier molecular flexibility index (Phi) is 2.42. The molecule has 0 aromatic carbocycles. The first kappa shape index (κ1) is 5.86. The Bertz CT molecular complexity index is 111. The van der Waals surface area contributed by atoms with E-state index in [1.54, 1.807) is 1.73 Å². The molecule has 0 bridgehead atoms. The third-order valence-electron chi connectivity index (χ3n) is 0.878. The van der Waals surface area contributed by atoms with Crippen LogP contribution in [-0.2, 0) is 0 Å². The van der Waals surface area contributed by atoms with Gasteiger partial charge in [-0.05, 0) is 0 Å². The number of hydrogen-bond acceptors (Lipinski definition) is 0. The Morgan fingerprint density at radius 2 is 2.57 bits per heavy atom. The third-order valence-corrected chi connectivity index (χ3v) is 2.75. The minimum atomic E-state index is 0.600. The van der Waals surface area contributed by atoms with E-state index in [4.69, 9.17) is 0 Å². The summed E-state index contributed by atoms with van der Waals surface area (Å²) in [4.78, 5) is 0. The molecule has 0 N–H and O–H groups in total. The van der Waals surface area contributed by atoms with Gasteiger partial charge in [0.2, 0.25) is 0 Å². The third kappa shape index (κ3) is 1.59. The van der Waals surface area contributed by atoms with E-state index in [0.717, 1.165) is 0 Å². The molecule has 7 heavy (non-hydrogen) atoms. The molecule has 1 aliphatic carbocycles. The minimum absolute atomic E-state index is 0.600. The SMILES string of the molecule is [CH3][Er][C]1=CC=CC1. The van der Waals surface area contributed by atoms with Crippen LogP contribution in [0.5, 0.6) is 0 Å². The van der Waals surface area contributed by atoms with Gasteiger partial charge in [0.15, 0.2) is 0 Å². The summed E-state index contributed by atoms with van der Waals surface area (Å²) in [5.41, 5.74) is 0. The molecule has 0 saturated heterocycles. The van der Waals surface area contributed by atoms with Crippen LogP contribution in [0, 0.1) is 33.4 Å². The van der Waals surface area contributed by atoms with Crippen molar-refractivity contribution in [3.63, 3.8) is 0 Å². The van der Waals surface area contributed by atoms with Crippen LogP contribution < -0.4 is 0 Å². The van der Waals surface area contributed by atoms with Crippen LogP contribution in [0.25, 0.3) is 0 Å². The molecule has 0 amide bonds. The second kappa shape index (κ2) is 2.90. The first-order valence-corrected chi connectivity index (χ1v) is 4.93. The van der Waals surface area contributed by atoms with Crippen LogP contribution in [0.15, 0.2) is 20.0 Å². The summed E-state index contributed by atoms with van der Waals surface area (Å²) in [5.74, 6) is 0.